The summed E-state index contributed by atoms with van der Waals surface area (Å²) in [7, 11) is 0. The zero-order chi connectivity index (χ0) is 17.6. The van der Waals surface area contributed by atoms with Gasteiger partial charge < -0.3 is 4.74 Å². The minimum Gasteiger partial charge on any atom is -0.453 e. The van der Waals surface area contributed by atoms with Gasteiger partial charge in [0, 0.05) is 16.5 Å². The SMILES string of the molecule is CCc1ccc(C(=O)COC(=O)c2csc(-c3ccccc3)n2)cc1. The third-order valence-electron chi connectivity index (χ3n) is 3.75. The van der Waals surface area contributed by atoms with E-state index in [4.69, 9.17) is 4.74 Å². The van der Waals surface area contributed by atoms with Crippen molar-refractivity contribution in [3.05, 3.63) is 76.8 Å². The first-order valence-corrected chi connectivity index (χ1v) is 8.85. The molecular weight excluding hydrogens is 334 g/mol. The molecule has 3 rings (SSSR count). The molecule has 0 aliphatic rings. The topological polar surface area (TPSA) is 56.3 Å². The summed E-state index contributed by atoms with van der Waals surface area (Å²) in [5.41, 5.74) is 2.86. The van der Waals surface area contributed by atoms with Gasteiger partial charge in [0.15, 0.2) is 18.1 Å². The van der Waals surface area contributed by atoms with Crippen molar-refractivity contribution in [2.75, 3.05) is 6.61 Å². The number of hydrogen-bond acceptors (Lipinski definition) is 5. The van der Waals surface area contributed by atoms with Crippen LogP contribution in [0.25, 0.3) is 10.6 Å². The second kappa shape index (κ2) is 7.85. The van der Waals surface area contributed by atoms with E-state index in [1.165, 1.54) is 11.3 Å². The summed E-state index contributed by atoms with van der Waals surface area (Å²) < 4.78 is 5.11. The van der Waals surface area contributed by atoms with Gasteiger partial charge in [0.1, 0.15) is 5.01 Å². The molecule has 1 aromatic heterocycles. The molecule has 0 fully saturated rings. The van der Waals surface area contributed by atoms with Crippen LogP contribution in [-0.4, -0.2) is 23.3 Å². The normalized spacial score (nSPS) is 10.4. The Kier molecular flexibility index (Phi) is 5.36. The van der Waals surface area contributed by atoms with Gasteiger partial charge >= 0.3 is 5.97 Å². The number of hydrogen-bond donors (Lipinski definition) is 0. The Labute approximate surface area is 150 Å². The Hall–Kier alpha value is -2.79. The molecule has 0 aliphatic heterocycles. The van der Waals surface area contributed by atoms with E-state index in [2.05, 4.69) is 11.9 Å². The van der Waals surface area contributed by atoms with Crippen LogP contribution in [0.5, 0.6) is 0 Å². The highest BCUT2D eigenvalue weighted by Crippen LogP contribution is 2.23. The highest BCUT2D eigenvalue weighted by Gasteiger charge is 2.15. The lowest BCUT2D eigenvalue weighted by Gasteiger charge is -2.03. The summed E-state index contributed by atoms with van der Waals surface area (Å²) in [5.74, 6) is -0.813. The van der Waals surface area contributed by atoms with E-state index in [0.717, 1.165) is 22.6 Å². The van der Waals surface area contributed by atoms with E-state index in [0.29, 0.717) is 5.56 Å². The number of Topliss-reactive ketones (excluding diaryl/α,β-unsaturated/α-hetero) is 1. The lowest BCUT2D eigenvalue weighted by Crippen LogP contribution is -2.14. The molecular formula is C20H17NO3S. The second-order valence-corrected chi connectivity index (χ2v) is 6.31. The molecule has 0 radical (unpaired) electrons. The molecule has 1 heterocycles. The Morgan fingerprint density at radius 1 is 1.04 bits per heavy atom. The highest BCUT2D eigenvalue weighted by molar-refractivity contribution is 7.13. The van der Waals surface area contributed by atoms with Crippen LogP contribution < -0.4 is 0 Å². The number of aryl methyl sites for hydroxylation is 1. The first-order chi connectivity index (χ1) is 12.2. The van der Waals surface area contributed by atoms with Gasteiger partial charge in [-0.1, -0.05) is 61.5 Å². The average Bonchev–Trinajstić information content (AvgIpc) is 3.17. The second-order valence-electron chi connectivity index (χ2n) is 5.45. The number of esters is 1. The van der Waals surface area contributed by atoms with E-state index in [1.54, 1.807) is 17.5 Å². The summed E-state index contributed by atoms with van der Waals surface area (Å²) in [4.78, 5) is 28.5. The molecule has 0 N–H and O–H groups in total. The number of benzene rings is 2. The summed E-state index contributed by atoms with van der Waals surface area (Å²) in [6, 6.07) is 16.9. The highest BCUT2D eigenvalue weighted by atomic mass is 32.1. The minimum atomic E-state index is -0.586. The lowest BCUT2D eigenvalue weighted by atomic mass is 10.1. The van der Waals surface area contributed by atoms with Crippen LogP contribution in [0.2, 0.25) is 0 Å². The van der Waals surface area contributed by atoms with Crippen LogP contribution in [0.4, 0.5) is 0 Å². The summed E-state index contributed by atoms with van der Waals surface area (Å²) in [5, 5.41) is 2.39. The number of rotatable bonds is 6. The van der Waals surface area contributed by atoms with Crippen molar-refractivity contribution in [3.8, 4) is 10.6 Å². The van der Waals surface area contributed by atoms with Gasteiger partial charge in [-0.2, -0.15) is 0 Å². The molecule has 0 spiro atoms. The Morgan fingerprint density at radius 2 is 1.76 bits per heavy atom. The van der Waals surface area contributed by atoms with Gasteiger partial charge in [-0.3, -0.25) is 4.79 Å². The fraction of sp³-hybridized carbons (Fsp3) is 0.150. The predicted octanol–water partition coefficient (Wildman–Crippen LogP) is 4.41. The zero-order valence-electron chi connectivity index (χ0n) is 13.8. The first-order valence-electron chi connectivity index (χ1n) is 7.97. The molecule has 126 valence electrons. The van der Waals surface area contributed by atoms with Gasteiger partial charge in [0.05, 0.1) is 0 Å². The van der Waals surface area contributed by atoms with E-state index in [9.17, 15) is 9.59 Å². The van der Waals surface area contributed by atoms with Crippen molar-refractivity contribution < 1.29 is 14.3 Å². The first kappa shape index (κ1) is 17.0. The molecule has 4 nitrogen and oxygen atoms in total. The van der Waals surface area contributed by atoms with Crippen LogP contribution >= 0.6 is 11.3 Å². The van der Waals surface area contributed by atoms with E-state index in [1.807, 2.05) is 42.5 Å². The maximum absolute atomic E-state index is 12.1. The number of thiazole rings is 1. The van der Waals surface area contributed by atoms with Crippen LogP contribution in [0.15, 0.2) is 60.0 Å². The van der Waals surface area contributed by atoms with Gasteiger partial charge in [0.2, 0.25) is 0 Å². The van der Waals surface area contributed by atoms with Gasteiger partial charge in [-0.25, -0.2) is 9.78 Å². The summed E-state index contributed by atoms with van der Waals surface area (Å²) in [6.45, 7) is 1.76. The average molecular weight is 351 g/mol. The standard InChI is InChI=1S/C20H17NO3S/c1-2-14-8-10-15(11-9-14)18(22)12-24-20(23)17-13-25-19(21-17)16-6-4-3-5-7-16/h3-11,13H,2,12H2,1H3. The van der Waals surface area contributed by atoms with E-state index in [-0.39, 0.29) is 18.1 Å². The molecule has 0 saturated carbocycles. The molecule has 0 unspecified atom stereocenters. The molecule has 0 bridgehead atoms. The van der Waals surface area contributed by atoms with Crippen LogP contribution in [0, 0.1) is 0 Å². The molecule has 2 aromatic carbocycles. The van der Waals surface area contributed by atoms with Crippen molar-refractivity contribution in [1.29, 1.82) is 0 Å². The van der Waals surface area contributed by atoms with Crippen LogP contribution in [0.1, 0.15) is 33.3 Å². The Bertz CT molecular complexity index is 869. The van der Waals surface area contributed by atoms with E-state index >= 15 is 0 Å². The third kappa shape index (κ3) is 4.19. The maximum atomic E-state index is 12.1. The molecule has 5 heteroatoms. The quantitative estimate of drug-likeness (QED) is 0.487. The predicted molar refractivity (Wildman–Crippen MR) is 98.0 cm³/mol. The van der Waals surface area contributed by atoms with Crippen molar-refractivity contribution in [3.63, 3.8) is 0 Å². The summed E-state index contributed by atoms with van der Waals surface area (Å²) >= 11 is 1.37. The lowest BCUT2D eigenvalue weighted by molar-refractivity contribution is 0.0470. The number of carbonyl (C=O) groups excluding carboxylic acids is 2. The molecule has 0 aliphatic carbocycles. The fourth-order valence-corrected chi connectivity index (χ4v) is 3.09. The van der Waals surface area contributed by atoms with Gasteiger partial charge in [0.25, 0.3) is 0 Å². The van der Waals surface area contributed by atoms with Crippen LogP contribution in [-0.2, 0) is 11.2 Å². The molecule has 0 amide bonds. The smallest absolute Gasteiger partial charge is 0.358 e. The Balaban J connectivity index is 1.60. The molecule has 25 heavy (non-hydrogen) atoms. The number of nitrogens with zero attached hydrogens (tertiary/aromatic N) is 1. The van der Waals surface area contributed by atoms with Gasteiger partial charge in [-0.15, -0.1) is 11.3 Å². The van der Waals surface area contributed by atoms with Gasteiger partial charge in [-0.05, 0) is 12.0 Å². The zero-order valence-corrected chi connectivity index (χ0v) is 14.6. The Morgan fingerprint density at radius 3 is 2.44 bits per heavy atom. The largest absolute Gasteiger partial charge is 0.453 e. The van der Waals surface area contributed by atoms with Crippen molar-refractivity contribution >= 4 is 23.1 Å². The molecule has 3 aromatic rings. The van der Waals surface area contributed by atoms with Crippen molar-refractivity contribution in [2.24, 2.45) is 0 Å². The number of ketones is 1. The number of aromatic nitrogens is 1. The van der Waals surface area contributed by atoms with Crippen molar-refractivity contribution in [1.82, 2.24) is 4.98 Å². The third-order valence-corrected chi connectivity index (χ3v) is 4.64. The fourth-order valence-electron chi connectivity index (χ4n) is 2.30. The maximum Gasteiger partial charge on any atom is 0.358 e. The minimum absolute atomic E-state index is 0.220. The number of carbonyl (C=O) groups is 2. The molecule has 0 atom stereocenters. The molecule has 0 saturated heterocycles. The van der Waals surface area contributed by atoms with Crippen molar-refractivity contribution in [2.45, 2.75) is 13.3 Å². The summed E-state index contributed by atoms with van der Waals surface area (Å²) in [6.07, 6.45) is 0.914. The number of ether oxygens (including phenoxy) is 1. The van der Waals surface area contributed by atoms with E-state index < -0.39 is 5.97 Å². The van der Waals surface area contributed by atoms with Crippen LogP contribution in [0.3, 0.4) is 0 Å². The monoisotopic (exact) mass is 351 g/mol.